The molecule has 1 heterocycles. The van der Waals surface area contributed by atoms with Crippen LogP contribution in [0.3, 0.4) is 0 Å². The minimum absolute atomic E-state index is 0.0368. The first-order valence-electron chi connectivity index (χ1n) is 8.90. The number of nitrogens with zero attached hydrogens (tertiary/aromatic N) is 3. The summed E-state index contributed by atoms with van der Waals surface area (Å²) in [5.74, 6) is 0.621. The Balaban J connectivity index is 2.52. The monoisotopic (exact) mass is 365 g/mol. The molecule has 1 atom stereocenters. The number of hydrogen-bond acceptors (Lipinski definition) is 3. The molecule has 0 aromatic carbocycles. The molecule has 1 saturated heterocycles. The van der Waals surface area contributed by atoms with E-state index in [9.17, 15) is 18.0 Å². The molecule has 0 saturated carbocycles. The summed E-state index contributed by atoms with van der Waals surface area (Å²) < 4.78 is 38.4. The van der Waals surface area contributed by atoms with Gasteiger partial charge in [-0.15, -0.1) is 0 Å². The van der Waals surface area contributed by atoms with Crippen molar-refractivity contribution in [1.29, 1.82) is 0 Å². The van der Waals surface area contributed by atoms with Crippen LogP contribution in [0.1, 0.15) is 33.6 Å². The zero-order valence-corrected chi connectivity index (χ0v) is 15.3. The van der Waals surface area contributed by atoms with Gasteiger partial charge in [0.1, 0.15) is 6.04 Å². The molecule has 1 aliphatic rings. The van der Waals surface area contributed by atoms with E-state index >= 15 is 0 Å². The summed E-state index contributed by atoms with van der Waals surface area (Å²) in [7, 11) is 0. The summed E-state index contributed by atoms with van der Waals surface area (Å²) in [4.78, 5) is 19.4. The second kappa shape index (κ2) is 10.5. The number of hydrogen-bond donors (Lipinski definition) is 2. The standard InChI is InChI=1S/C16H30F3N5O/c1-4-7-21-14(25)6-8-22-15(20-5-2)24-11-9-23(10-12-24)13(3)16(17,18)19/h13H,4-12H2,1-3H3,(H,20,22)(H,21,25). The lowest BCUT2D eigenvalue weighted by atomic mass is 10.2. The van der Waals surface area contributed by atoms with Crippen LogP contribution in [-0.4, -0.2) is 79.7 Å². The van der Waals surface area contributed by atoms with Gasteiger partial charge in [0.15, 0.2) is 5.96 Å². The fourth-order valence-electron chi connectivity index (χ4n) is 2.57. The van der Waals surface area contributed by atoms with E-state index in [-0.39, 0.29) is 5.91 Å². The van der Waals surface area contributed by atoms with Gasteiger partial charge in [0.2, 0.25) is 5.91 Å². The smallest absolute Gasteiger partial charge is 0.357 e. The molecule has 6 nitrogen and oxygen atoms in total. The summed E-state index contributed by atoms with van der Waals surface area (Å²) in [6.45, 7) is 8.43. The molecular formula is C16H30F3N5O. The summed E-state index contributed by atoms with van der Waals surface area (Å²) in [5.41, 5.74) is 0. The normalized spacial score (nSPS) is 18.2. The predicted molar refractivity (Wildman–Crippen MR) is 92.6 cm³/mol. The second-order valence-electron chi connectivity index (χ2n) is 6.08. The highest BCUT2D eigenvalue weighted by Gasteiger charge is 2.41. The lowest BCUT2D eigenvalue weighted by molar-refractivity contribution is -0.181. The Labute approximate surface area is 147 Å². The molecule has 1 fully saturated rings. The van der Waals surface area contributed by atoms with Gasteiger partial charge in [0, 0.05) is 45.7 Å². The molecular weight excluding hydrogens is 335 g/mol. The number of nitrogens with one attached hydrogen (secondary N) is 2. The maximum Gasteiger partial charge on any atom is 0.403 e. The van der Waals surface area contributed by atoms with Gasteiger partial charge in [0.25, 0.3) is 0 Å². The van der Waals surface area contributed by atoms with E-state index in [2.05, 4.69) is 15.6 Å². The molecule has 25 heavy (non-hydrogen) atoms. The second-order valence-corrected chi connectivity index (χ2v) is 6.08. The number of piperazine rings is 1. The largest absolute Gasteiger partial charge is 0.403 e. The van der Waals surface area contributed by atoms with E-state index in [1.807, 2.05) is 18.7 Å². The number of aliphatic imine (C=N–C) groups is 1. The van der Waals surface area contributed by atoms with Gasteiger partial charge in [-0.2, -0.15) is 13.2 Å². The van der Waals surface area contributed by atoms with Gasteiger partial charge in [-0.3, -0.25) is 14.7 Å². The fraction of sp³-hybridized carbons (Fsp3) is 0.875. The predicted octanol–water partition coefficient (Wildman–Crippen LogP) is 1.44. The van der Waals surface area contributed by atoms with E-state index < -0.39 is 12.2 Å². The van der Waals surface area contributed by atoms with Gasteiger partial charge in [-0.05, 0) is 20.3 Å². The molecule has 1 amide bonds. The topological polar surface area (TPSA) is 60.0 Å². The lowest BCUT2D eigenvalue weighted by Gasteiger charge is -2.39. The van der Waals surface area contributed by atoms with Crippen LogP contribution in [-0.2, 0) is 4.79 Å². The maximum absolute atomic E-state index is 12.8. The molecule has 0 aromatic rings. The number of amides is 1. The van der Waals surface area contributed by atoms with Crippen molar-refractivity contribution >= 4 is 11.9 Å². The van der Waals surface area contributed by atoms with Gasteiger partial charge >= 0.3 is 6.18 Å². The van der Waals surface area contributed by atoms with Crippen LogP contribution in [0.4, 0.5) is 13.2 Å². The van der Waals surface area contributed by atoms with Gasteiger partial charge in [0.05, 0.1) is 6.54 Å². The first-order valence-corrected chi connectivity index (χ1v) is 8.90. The average Bonchev–Trinajstić information content (AvgIpc) is 2.58. The first-order chi connectivity index (χ1) is 11.8. The highest BCUT2D eigenvalue weighted by molar-refractivity contribution is 5.81. The number of halogens is 3. The molecule has 0 radical (unpaired) electrons. The zero-order valence-electron chi connectivity index (χ0n) is 15.3. The van der Waals surface area contributed by atoms with Crippen LogP contribution in [0.2, 0.25) is 0 Å². The van der Waals surface area contributed by atoms with E-state index in [0.717, 1.165) is 6.42 Å². The van der Waals surface area contributed by atoms with Crippen LogP contribution >= 0.6 is 0 Å². The number of guanidine groups is 1. The molecule has 0 aliphatic carbocycles. The third-order valence-electron chi connectivity index (χ3n) is 4.14. The van der Waals surface area contributed by atoms with Gasteiger partial charge < -0.3 is 15.5 Å². The van der Waals surface area contributed by atoms with Crippen molar-refractivity contribution < 1.29 is 18.0 Å². The fourth-order valence-corrected chi connectivity index (χ4v) is 2.57. The van der Waals surface area contributed by atoms with Crippen molar-refractivity contribution in [2.24, 2.45) is 4.99 Å². The molecule has 1 rings (SSSR count). The molecule has 0 bridgehead atoms. The zero-order chi connectivity index (χ0) is 18.9. The van der Waals surface area contributed by atoms with E-state index in [1.165, 1.54) is 11.8 Å². The number of carbonyl (C=O) groups excluding carboxylic acids is 1. The third-order valence-corrected chi connectivity index (χ3v) is 4.14. The number of rotatable bonds is 7. The summed E-state index contributed by atoms with van der Waals surface area (Å²) >= 11 is 0. The highest BCUT2D eigenvalue weighted by atomic mass is 19.4. The van der Waals surface area contributed by atoms with E-state index in [0.29, 0.717) is 58.2 Å². The molecule has 1 unspecified atom stereocenters. The van der Waals surface area contributed by atoms with Crippen LogP contribution in [0, 0.1) is 0 Å². The molecule has 0 aromatic heterocycles. The van der Waals surface area contributed by atoms with E-state index in [1.54, 1.807) is 0 Å². The molecule has 9 heteroatoms. The van der Waals surface area contributed by atoms with Crippen molar-refractivity contribution in [2.75, 3.05) is 45.8 Å². The Morgan fingerprint density at radius 2 is 1.80 bits per heavy atom. The van der Waals surface area contributed by atoms with Gasteiger partial charge in [-0.1, -0.05) is 6.92 Å². The Morgan fingerprint density at radius 1 is 1.16 bits per heavy atom. The van der Waals surface area contributed by atoms with E-state index in [4.69, 9.17) is 0 Å². The Kier molecular flexibility index (Phi) is 9.02. The first kappa shape index (κ1) is 21.5. The molecule has 1 aliphatic heterocycles. The minimum atomic E-state index is -4.20. The van der Waals surface area contributed by atoms with Crippen LogP contribution in [0.5, 0.6) is 0 Å². The van der Waals surface area contributed by atoms with Gasteiger partial charge in [-0.25, -0.2) is 0 Å². The SMILES string of the molecule is CCCNC(=O)CCN=C(NCC)N1CCN(C(C)C(F)(F)F)CC1. The summed E-state index contributed by atoms with van der Waals surface area (Å²) in [6, 6.07) is -1.43. The number of alkyl halides is 3. The van der Waals surface area contributed by atoms with Crippen molar-refractivity contribution in [3.8, 4) is 0 Å². The Bertz CT molecular complexity index is 434. The van der Waals surface area contributed by atoms with Crippen molar-refractivity contribution in [1.82, 2.24) is 20.4 Å². The van der Waals surface area contributed by atoms with Crippen LogP contribution in [0.15, 0.2) is 4.99 Å². The Hall–Kier alpha value is -1.51. The van der Waals surface area contributed by atoms with Crippen molar-refractivity contribution in [2.45, 2.75) is 45.8 Å². The quantitative estimate of drug-likeness (QED) is 0.529. The molecule has 2 N–H and O–H groups in total. The maximum atomic E-state index is 12.8. The lowest BCUT2D eigenvalue weighted by Crippen LogP contribution is -2.56. The minimum Gasteiger partial charge on any atom is -0.357 e. The van der Waals surface area contributed by atoms with Crippen LogP contribution < -0.4 is 10.6 Å². The summed E-state index contributed by atoms with van der Waals surface area (Å²) in [5, 5.41) is 5.94. The Morgan fingerprint density at radius 3 is 2.32 bits per heavy atom. The van der Waals surface area contributed by atoms with Crippen molar-refractivity contribution in [3.63, 3.8) is 0 Å². The molecule has 0 spiro atoms. The molecule has 146 valence electrons. The number of carbonyl (C=O) groups is 1. The third kappa shape index (κ3) is 7.50. The summed E-state index contributed by atoms with van der Waals surface area (Å²) in [6.07, 6.45) is -3.01. The average molecular weight is 365 g/mol. The van der Waals surface area contributed by atoms with Crippen LogP contribution in [0.25, 0.3) is 0 Å². The highest BCUT2D eigenvalue weighted by Crippen LogP contribution is 2.25. The van der Waals surface area contributed by atoms with Crippen molar-refractivity contribution in [3.05, 3.63) is 0 Å².